The third kappa shape index (κ3) is 4.77. The zero-order valence-electron chi connectivity index (χ0n) is 12.4. The van der Waals surface area contributed by atoms with Crippen LogP contribution in [0.3, 0.4) is 0 Å². The van der Waals surface area contributed by atoms with E-state index in [1.807, 2.05) is 25.1 Å². The van der Waals surface area contributed by atoms with Crippen molar-refractivity contribution in [2.45, 2.75) is 40.0 Å². The van der Waals surface area contributed by atoms with Crippen molar-refractivity contribution in [3.63, 3.8) is 0 Å². The molecule has 0 bridgehead atoms. The van der Waals surface area contributed by atoms with Crippen LogP contribution in [0.15, 0.2) is 33.2 Å². The normalized spacial score (nSPS) is 11.1. The van der Waals surface area contributed by atoms with Crippen molar-refractivity contribution in [1.82, 2.24) is 5.32 Å². The highest BCUT2D eigenvalue weighted by Crippen LogP contribution is 2.29. The van der Waals surface area contributed by atoms with Gasteiger partial charge in [-0.25, -0.2) is 0 Å². The van der Waals surface area contributed by atoms with E-state index in [0.717, 1.165) is 33.9 Å². The summed E-state index contributed by atoms with van der Waals surface area (Å²) < 4.78 is 12.3. The van der Waals surface area contributed by atoms with Crippen LogP contribution >= 0.6 is 27.5 Å². The SMILES string of the molecule is Cc1oc(COc2ccc(Cl)cc2Br)cc1CNC(C)C. The van der Waals surface area contributed by atoms with Crippen molar-refractivity contribution in [2.75, 3.05) is 0 Å². The fourth-order valence-corrected chi connectivity index (χ4v) is 2.69. The van der Waals surface area contributed by atoms with Gasteiger partial charge in [0.2, 0.25) is 0 Å². The Hall–Kier alpha value is -0.970. The molecule has 1 heterocycles. The lowest BCUT2D eigenvalue weighted by Crippen LogP contribution is -2.21. The van der Waals surface area contributed by atoms with Gasteiger partial charge in [-0.2, -0.15) is 0 Å². The zero-order chi connectivity index (χ0) is 15.4. The van der Waals surface area contributed by atoms with Gasteiger partial charge in [-0.3, -0.25) is 0 Å². The highest BCUT2D eigenvalue weighted by Gasteiger charge is 2.09. The van der Waals surface area contributed by atoms with Gasteiger partial charge in [-0.15, -0.1) is 0 Å². The Morgan fingerprint density at radius 3 is 2.76 bits per heavy atom. The van der Waals surface area contributed by atoms with Crippen LogP contribution in [0.5, 0.6) is 5.75 Å². The van der Waals surface area contributed by atoms with Crippen molar-refractivity contribution >= 4 is 27.5 Å². The van der Waals surface area contributed by atoms with E-state index < -0.39 is 0 Å². The molecule has 0 atom stereocenters. The van der Waals surface area contributed by atoms with E-state index in [1.165, 1.54) is 0 Å². The molecule has 0 saturated carbocycles. The zero-order valence-corrected chi connectivity index (χ0v) is 14.7. The topological polar surface area (TPSA) is 34.4 Å². The van der Waals surface area contributed by atoms with Crippen molar-refractivity contribution in [2.24, 2.45) is 0 Å². The maximum absolute atomic E-state index is 5.91. The third-order valence-corrected chi connectivity index (χ3v) is 3.89. The van der Waals surface area contributed by atoms with Crippen LogP contribution in [-0.4, -0.2) is 6.04 Å². The van der Waals surface area contributed by atoms with Crippen molar-refractivity contribution in [1.29, 1.82) is 0 Å². The van der Waals surface area contributed by atoms with E-state index in [4.69, 9.17) is 20.8 Å². The van der Waals surface area contributed by atoms with Gasteiger partial charge in [-0.1, -0.05) is 25.4 Å². The highest BCUT2D eigenvalue weighted by atomic mass is 79.9. The molecule has 1 N–H and O–H groups in total. The number of ether oxygens (including phenoxy) is 1. The van der Waals surface area contributed by atoms with E-state index in [1.54, 1.807) is 6.07 Å². The van der Waals surface area contributed by atoms with Gasteiger partial charge in [0, 0.05) is 23.2 Å². The van der Waals surface area contributed by atoms with E-state index in [2.05, 4.69) is 35.1 Å². The molecule has 0 aliphatic heterocycles. The number of rotatable bonds is 6. The maximum atomic E-state index is 5.91. The lowest BCUT2D eigenvalue weighted by Gasteiger charge is -2.06. The van der Waals surface area contributed by atoms with Gasteiger partial charge >= 0.3 is 0 Å². The number of furan rings is 1. The molecule has 0 fully saturated rings. The first kappa shape index (κ1) is 16.4. The number of halogens is 2. The molecule has 0 aliphatic carbocycles. The smallest absolute Gasteiger partial charge is 0.146 e. The van der Waals surface area contributed by atoms with E-state index >= 15 is 0 Å². The number of hydrogen-bond donors (Lipinski definition) is 1. The molecular formula is C16H19BrClNO2. The van der Waals surface area contributed by atoms with Crippen LogP contribution in [0, 0.1) is 6.92 Å². The Morgan fingerprint density at radius 1 is 1.33 bits per heavy atom. The first-order valence-electron chi connectivity index (χ1n) is 6.85. The molecule has 1 aromatic heterocycles. The lowest BCUT2D eigenvalue weighted by atomic mass is 10.2. The second-order valence-corrected chi connectivity index (χ2v) is 6.48. The summed E-state index contributed by atoms with van der Waals surface area (Å²) in [7, 11) is 0. The molecule has 0 spiro atoms. The first-order chi connectivity index (χ1) is 9.95. The summed E-state index contributed by atoms with van der Waals surface area (Å²) in [5.41, 5.74) is 1.16. The predicted octanol–water partition coefficient (Wildman–Crippen LogP) is 5.08. The van der Waals surface area contributed by atoms with Gasteiger partial charge in [0.05, 0.1) is 4.47 Å². The minimum absolute atomic E-state index is 0.392. The summed E-state index contributed by atoms with van der Waals surface area (Å²) in [5.74, 6) is 2.49. The predicted molar refractivity (Wildman–Crippen MR) is 88.9 cm³/mol. The fourth-order valence-electron chi connectivity index (χ4n) is 1.89. The monoisotopic (exact) mass is 371 g/mol. The van der Waals surface area contributed by atoms with Crippen LogP contribution in [0.25, 0.3) is 0 Å². The summed E-state index contributed by atoms with van der Waals surface area (Å²) in [5, 5.41) is 4.05. The van der Waals surface area contributed by atoms with E-state index in [0.29, 0.717) is 17.7 Å². The number of benzene rings is 1. The van der Waals surface area contributed by atoms with Crippen molar-refractivity contribution in [3.05, 3.63) is 50.8 Å². The second kappa shape index (κ2) is 7.34. The van der Waals surface area contributed by atoms with Crippen LogP contribution in [0.2, 0.25) is 5.02 Å². The average Bonchev–Trinajstić information content (AvgIpc) is 2.76. The molecule has 2 rings (SSSR count). The number of hydrogen-bond acceptors (Lipinski definition) is 3. The Kier molecular flexibility index (Phi) is 5.73. The minimum Gasteiger partial charge on any atom is -0.484 e. The molecule has 0 radical (unpaired) electrons. The van der Waals surface area contributed by atoms with Crippen LogP contribution in [0.4, 0.5) is 0 Å². The largest absolute Gasteiger partial charge is 0.484 e. The van der Waals surface area contributed by atoms with Crippen LogP contribution in [-0.2, 0) is 13.2 Å². The second-order valence-electron chi connectivity index (χ2n) is 5.19. The van der Waals surface area contributed by atoms with E-state index in [-0.39, 0.29) is 0 Å². The Bertz CT molecular complexity index is 610. The fraction of sp³-hybridized carbons (Fsp3) is 0.375. The maximum Gasteiger partial charge on any atom is 0.146 e. The number of aryl methyl sites for hydroxylation is 1. The number of nitrogens with one attached hydrogen (secondary N) is 1. The molecule has 21 heavy (non-hydrogen) atoms. The summed E-state index contributed by atoms with van der Waals surface area (Å²) in [6, 6.07) is 7.93. The van der Waals surface area contributed by atoms with Crippen LogP contribution in [0.1, 0.15) is 30.9 Å². The third-order valence-electron chi connectivity index (χ3n) is 3.04. The lowest BCUT2D eigenvalue weighted by molar-refractivity contribution is 0.266. The minimum atomic E-state index is 0.392. The molecule has 2 aromatic rings. The molecule has 0 amide bonds. The Labute approximate surface area is 138 Å². The summed E-state index contributed by atoms with van der Waals surface area (Å²) in [6.07, 6.45) is 0. The average molecular weight is 373 g/mol. The molecule has 0 unspecified atom stereocenters. The van der Waals surface area contributed by atoms with Gasteiger partial charge in [0.25, 0.3) is 0 Å². The summed E-state index contributed by atoms with van der Waals surface area (Å²) in [6.45, 7) is 7.41. The Morgan fingerprint density at radius 2 is 2.10 bits per heavy atom. The Balaban J connectivity index is 1.98. The van der Waals surface area contributed by atoms with E-state index in [9.17, 15) is 0 Å². The van der Waals surface area contributed by atoms with Crippen molar-refractivity contribution < 1.29 is 9.15 Å². The quantitative estimate of drug-likeness (QED) is 0.767. The van der Waals surface area contributed by atoms with Crippen LogP contribution < -0.4 is 10.1 Å². The standard InChI is InChI=1S/C16H19BrClNO2/c1-10(2)19-8-12-6-14(21-11(12)3)9-20-16-5-4-13(18)7-15(16)17/h4-7,10,19H,8-9H2,1-3H3. The molecule has 0 saturated heterocycles. The molecule has 3 nitrogen and oxygen atoms in total. The molecule has 5 heteroatoms. The van der Waals surface area contributed by atoms with Crippen molar-refractivity contribution in [3.8, 4) is 5.75 Å². The molecule has 1 aromatic carbocycles. The molecular weight excluding hydrogens is 354 g/mol. The highest BCUT2D eigenvalue weighted by molar-refractivity contribution is 9.10. The van der Waals surface area contributed by atoms with Gasteiger partial charge < -0.3 is 14.5 Å². The molecule has 114 valence electrons. The van der Waals surface area contributed by atoms with Gasteiger partial charge in [0.1, 0.15) is 23.9 Å². The van der Waals surface area contributed by atoms with Gasteiger partial charge in [0.15, 0.2) is 0 Å². The van der Waals surface area contributed by atoms with Gasteiger partial charge in [-0.05, 0) is 47.1 Å². The molecule has 0 aliphatic rings. The summed E-state index contributed by atoms with van der Waals surface area (Å²) >= 11 is 9.34. The first-order valence-corrected chi connectivity index (χ1v) is 8.02. The summed E-state index contributed by atoms with van der Waals surface area (Å²) in [4.78, 5) is 0.